The molecule has 5 aromatic rings. The summed E-state index contributed by atoms with van der Waals surface area (Å²) < 4.78 is 58.3. The number of nitrogens with zero attached hydrogens (tertiary/aromatic N) is 4. The van der Waals surface area contributed by atoms with Crippen LogP contribution in [0.2, 0.25) is 0 Å². The lowest BCUT2D eigenvalue weighted by Crippen LogP contribution is -2.44. The highest BCUT2D eigenvalue weighted by Gasteiger charge is 2.39. The average Bonchev–Trinajstić information content (AvgIpc) is 4.28. The van der Waals surface area contributed by atoms with Crippen molar-refractivity contribution in [3.63, 3.8) is 0 Å². The van der Waals surface area contributed by atoms with Gasteiger partial charge in [-0.2, -0.15) is 8.42 Å². The number of rotatable bonds is 22. The minimum absolute atomic E-state index is 0.0000351. The van der Waals surface area contributed by atoms with E-state index in [2.05, 4.69) is 16.0 Å². The zero-order chi connectivity index (χ0) is 57.2. The maximum atomic E-state index is 14.1. The predicted octanol–water partition coefficient (Wildman–Crippen LogP) is 7.71. The highest BCUT2D eigenvalue weighted by Crippen LogP contribution is 2.44. The van der Waals surface area contributed by atoms with Gasteiger partial charge in [-0.25, -0.2) is 0 Å². The number of anilines is 4. The molecule has 23 heteroatoms. The molecule has 0 bridgehead atoms. The molecule has 0 aromatic heterocycles. The first-order valence-corrected chi connectivity index (χ1v) is 30.0. The van der Waals surface area contributed by atoms with Gasteiger partial charge in [-0.3, -0.25) is 48.1 Å². The van der Waals surface area contributed by atoms with Crippen molar-refractivity contribution < 1.29 is 60.7 Å². The summed E-state index contributed by atoms with van der Waals surface area (Å²) in [5, 5.41) is 7.12. The summed E-state index contributed by atoms with van der Waals surface area (Å²) in [5.41, 5.74) is 7.54. The molecule has 0 saturated heterocycles. The number of methoxy groups -OCH3 is 2. The van der Waals surface area contributed by atoms with E-state index in [1.54, 1.807) is 47.5 Å². The summed E-state index contributed by atoms with van der Waals surface area (Å²) in [5.74, 6) is -1.13. The monoisotopic (exact) mass is 1160 g/mol. The lowest BCUT2D eigenvalue weighted by molar-refractivity contribution is -0.137. The minimum atomic E-state index is -4.79. The van der Waals surface area contributed by atoms with Crippen LogP contribution in [0.1, 0.15) is 76.1 Å². The SMILES string of the molecule is COc1cc2c(cc1OCc1cc(COc3cc4c(cc3OC)C(=O)N3c5ccccc5CC3CN4)cc(NC(=O)CCC(C)(C)SSCCC(C(=O)NCCN3C(=O)C=CC3=O)S(=O)(=O)O)c1)N=CC1Cc3ccccc3N1C2=O. The van der Waals surface area contributed by atoms with E-state index in [1.807, 2.05) is 73.3 Å². The van der Waals surface area contributed by atoms with Gasteiger partial charge in [-0.1, -0.05) is 58.0 Å². The Bertz CT molecular complexity index is 3520. The standard InChI is InChI=1S/C58H59N7O13S3/c1-58(2,80-79-20-16-51(81(72,73)74)55(69)59-18-19-63-53(67)13-14-54(63)68)17-15-52(66)62-38-22-34(32-77-49-28-43-41(26-47(49)75-3)56(70)64-39(30-60-43)24-36-9-5-7-11-45(36)64)21-35(23-38)33-78-50-29-44-42(27-48(50)76-4)57(71)65-40(31-61-44)25-37-10-6-8-12-46(37)65/h5-14,21-23,26-30,39-40,51,61H,15-20,24-25,31-33H2,1-4H3,(H,59,69)(H,62,66)(H,72,73,74). The fourth-order valence-corrected chi connectivity index (χ4v) is 14.0. The van der Waals surface area contributed by atoms with Gasteiger partial charge in [-0.15, -0.1) is 0 Å². The number of para-hydroxylation sites is 2. The van der Waals surface area contributed by atoms with Crippen LogP contribution in [-0.4, -0.2) is 121 Å². The molecule has 5 aliphatic rings. The van der Waals surface area contributed by atoms with Crippen molar-refractivity contribution in [1.82, 2.24) is 10.2 Å². The highest BCUT2D eigenvalue weighted by molar-refractivity contribution is 8.77. The molecule has 3 atom stereocenters. The maximum absolute atomic E-state index is 14.1. The first kappa shape index (κ1) is 56.4. The number of fused-ring (bicyclic) bond motifs is 8. The molecular formula is C58H59N7O13S3. The third-order valence-electron chi connectivity index (χ3n) is 14.5. The van der Waals surface area contributed by atoms with Crippen molar-refractivity contribution in [2.75, 3.05) is 60.0 Å². The van der Waals surface area contributed by atoms with Crippen LogP contribution in [0.3, 0.4) is 0 Å². The third-order valence-corrected chi connectivity index (χ3v) is 19.0. The van der Waals surface area contributed by atoms with Gasteiger partial charge in [0, 0.05) is 90.5 Å². The van der Waals surface area contributed by atoms with Crippen LogP contribution >= 0.6 is 21.6 Å². The average molecular weight is 1160 g/mol. The second kappa shape index (κ2) is 23.7. The van der Waals surface area contributed by atoms with Gasteiger partial charge in [0.25, 0.3) is 33.7 Å². The summed E-state index contributed by atoms with van der Waals surface area (Å²) in [6.07, 6.45) is 5.61. The molecule has 0 spiro atoms. The number of nitrogens with one attached hydrogen (secondary N) is 3. The van der Waals surface area contributed by atoms with E-state index in [0.717, 1.165) is 46.0 Å². The molecule has 0 saturated carbocycles. The molecular weight excluding hydrogens is 1100 g/mol. The Labute approximate surface area is 476 Å². The minimum Gasteiger partial charge on any atom is -0.493 e. The fraction of sp³-hybridized carbons (Fsp3) is 0.328. The molecule has 0 fully saturated rings. The molecule has 3 unspecified atom stereocenters. The Kier molecular flexibility index (Phi) is 16.5. The first-order valence-electron chi connectivity index (χ1n) is 26.2. The number of aliphatic imine (C=N–C) groups is 1. The second-order valence-corrected chi connectivity index (χ2v) is 25.3. The fourth-order valence-electron chi connectivity index (χ4n) is 10.4. The Morgan fingerprint density at radius 1 is 0.802 bits per heavy atom. The molecule has 81 heavy (non-hydrogen) atoms. The zero-order valence-corrected chi connectivity index (χ0v) is 47.2. The Balaban J connectivity index is 0.821. The van der Waals surface area contributed by atoms with Crippen LogP contribution in [0.15, 0.2) is 108 Å². The summed E-state index contributed by atoms with van der Waals surface area (Å²) in [4.78, 5) is 87.8. The zero-order valence-electron chi connectivity index (χ0n) is 44.8. The van der Waals surface area contributed by atoms with Crippen molar-refractivity contribution >= 4 is 102 Å². The third kappa shape index (κ3) is 12.4. The number of carbonyl (C=O) groups is 6. The van der Waals surface area contributed by atoms with Crippen molar-refractivity contribution in [2.24, 2.45) is 4.99 Å². The number of carbonyl (C=O) groups excluding carboxylic acids is 6. The normalized spacial score (nSPS) is 17.2. The second-order valence-electron chi connectivity index (χ2n) is 20.5. The number of imide groups is 1. The molecule has 5 aliphatic heterocycles. The summed E-state index contributed by atoms with van der Waals surface area (Å²) in [6.45, 7) is 4.04. The van der Waals surface area contributed by atoms with Gasteiger partial charge >= 0.3 is 0 Å². The van der Waals surface area contributed by atoms with Crippen molar-refractivity contribution in [2.45, 2.75) is 81.2 Å². The van der Waals surface area contributed by atoms with E-state index < -0.39 is 37.8 Å². The van der Waals surface area contributed by atoms with E-state index in [-0.39, 0.29) is 74.7 Å². The lowest BCUT2D eigenvalue weighted by Gasteiger charge is -2.23. The van der Waals surface area contributed by atoms with Crippen molar-refractivity contribution in [1.29, 1.82) is 0 Å². The molecule has 5 heterocycles. The maximum Gasteiger partial charge on any atom is 0.276 e. The molecule has 0 radical (unpaired) electrons. The van der Waals surface area contributed by atoms with Gasteiger partial charge in [0.2, 0.25) is 11.8 Å². The van der Waals surface area contributed by atoms with Gasteiger partial charge in [0.1, 0.15) is 13.2 Å². The number of amides is 6. The molecule has 422 valence electrons. The molecule has 6 amide bonds. The topological polar surface area (TPSA) is 252 Å². The van der Waals surface area contributed by atoms with Crippen molar-refractivity contribution in [3.8, 4) is 23.0 Å². The Morgan fingerprint density at radius 3 is 2.09 bits per heavy atom. The summed E-state index contributed by atoms with van der Waals surface area (Å²) in [6, 6.07) is 27.6. The molecule has 4 N–H and O–H groups in total. The van der Waals surface area contributed by atoms with E-state index in [0.29, 0.717) is 81.7 Å². The van der Waals surface area contributed by atoms with Crippen LogP contribution in [-0.2, 0) is 55.4 Å². The van der Waals surface area contributed by atoms with Gasteiger partial charge in [0.05, 0.1) is 48.8 Å². The van der Waals surface area contributed by atoms with Crippen LogP contribution < -0.4 is 44.7 Å². The smallest absolute Gasteiger partial charge is 0.276 e. The lowest BCUT2D eigenvalue weighted by atomic mass is 10.1. The van der Waals surface area contributed by atoms with Gasteiger partial charge in [0.15, 0.2) is 28.2 Å². The molecule has 20 nitrogen and oxygen atoms in total. The Hall–Kier alpha value is -7.86. The predicted molar refractivity (Wildman–Crippen MR) is 310 cm³/mol. The molecule has 5 aromatic carbocycles. The number of hydrogen-bond acceptors (Lipinski definition) is 16. The van der Waals surface area contributed by atoms with Crippen molar-refractivity contribution in [3.05, 3.63) is 137 Å². The van der Waals surface area contributed by atoms with E-state index in [1.165, 1.54) is 35.8 Å². The van der Waals surface area contributed by atoms with E-state index >= 15 is 0 Å². The molecule has 10 rings (SSSR count). The largest absolute Gasteiger partial charge is 0.493 e. The Morgan fingerprint density at radius 2 is 1.42 bits per heavy atom. The number of hydrogen-bond donors (Lipinski definition) is 4. The van der Waals surface area contributed by atoms with Crippen LogP contribution in [0.5, 0.6) is 23.0 Å². The number of ether oxygens (including phenoxy) is 4. The van der Waals surface area contributed by atoms with E-state index in [9.17, 15) is 41.7 Å². The van der Waals surface area contributed by atoms with Gasteiger partial charge < -0.3 is 39.8 Å². The van der Waals surface area contributed by atoms with E-state index in [4.69, 9.17) is 23.9 Å². The molecule has 0 aliphatic carbocycles. The van der Waals surface area contributed by atoms with Crippen LogP contribution in [0.4, 0.5) is 28.4 Å². The van der Waals surface area contributed by atoms with Gasteiger partial charge in [-0.05, 0) is 97.8 Å². The number of benzene rings is 5. The summed E-state index contributed by atoms with van der Waals surface area (Å²) >= 11 is 0. The quantitative estimate of drug-likeness (QED) is 0.0224. The first-order chi connectivity index (χ1) is 38.9. The van der Waals surface area contributed by atoms with Crippen LogP contribution in [0.25, 0.3) is 0 Å². The highest BCUT2D eigenvalue weighted by atomic mass is 33.1. The summed E-state index contributed by atoms with van der Waals surface area (Å²) in [7, 11) is 0.903. The van der Waals surface area contributed by atoms with Crippen LogP contribution in [0, 0.1) is 0 Å².